The molecule has 2 heteroatoms. The summed E-state index contributed by atoms with van der Waals surface area (Å²) in [5, 5.41) is 0. The molecule has 0 N–H and O–H groups in total. The highest BCUT2D eigenvalue weighted by atomic mass is 16.5. The first-order chi connectivity index (χ1) is 6.81. The number of carbonyl (C=O) groups excluding carboxylic acids is 1. The van der Waals surface area contributed by atoms with Gasteiger partial charge < -0.3 is 4.74 Å². The lowest BCUT2D eigenvalue weighted by Crippen LogP contribution is -2.08. The molecular formula is C12H12O2. The van der Waals surface area contributed by atoms with Crippen LogP contribution in [0, 0.1) is 0 Å². The summed E-state index contributed by atoms with van der Waals surface area (Å²) >= 11 is 0. The summed E-state index contributed by atoms with van der Waals surface area (Å²) in [6.45, 7) is 0. The molecule has 0 radical (unpaired) electrons. The molecule has 0 aromatic heterocycles. The van der Waals surface area contributed by atoms with Crippen LogP contribution in [0.3, 0.4) is 0 Å². The zero-order valence-electron chi connectivity index (χ0n) is 8.12. The minimum absolute atomic E-state index is 0.134. The Balaban J connectivity index is 2.27. The Morgan fingerprint density at radius 3 is 2.79 bits per heavy atom. The average Bonchev–Trinajstić information content (AvgIpc) is 2.15. The summed E-state index contributed by atoms with van der Waals surface area (Å²) in [7, 11) is 1.60. The number of ketones is 1. The number of carbonyl (C=O) groups is 1. The van der Waals surface area contributed by atoms with Crippen LogP contribution in [0.4, 0.5) is 0 Å². The van der Waals surface area contributed by atoms with E-state index in [2.05, 4.69) is 0 Å². The largest absolute Gasteiger partial charge is 0.497 e. The maximum absolute atomic E-state index is 11.8. The van der Waals surface area contributed by atoms with Crippen molar-refractivity contribution >= 4 is 5.78 Å². The van der Waals surface area contributed by atoms with Crippen molar-refractivity contribution in [2.75, 3.05) is 7.11 Å². The van der Waals surface area contributed by atoms with E-state index in [1.165, 1.54) is 0 Å². The van der Waals surface area contributed by atoms with Crippen molar-refractivity contribution in [2.24, 2.45) is 0 Å². The molecule has 1 aliphatic carbocycles. The number of Topliss-reactive ketones (excluding diaryl/α,β-unsaturated/α-hetero) is 1. The topological polar surface area (TPSA) is 26.3 Å². The van der Waals surface area contributed by atoms with E-state index in [4.69, 9.17) is 4.74 Å². The Morgan fingerprint density at radius 1 is 1.43 bits per heavy atom. The van der Waals surface area contributed by atoms with E-state index in [1.807, 2.05) is 24.3 Å². The van der Waals surface area contributed by atoms with E-state index >= 15 is 0 Å². The molecule has 0 aliphatic heterocycles. The van der Waals surface area contributed by atoms with E-state index in [9.17, 15) is 4.79 Å². The molecule has 0 spiro atoms. The van der Waals surface area contributed by atoms with Crippen LogP contribution < -0.4 is 4.74 Å². The molecule has 1 aromatic rings. The van der Waals surface area contributed by atoms with Gasteiger partial charge >= 0.3 is 0 Å². The average molecular weight is 188 g/mol. The van der Waals surface area contributed by atoms with Gasteiger partial charge in [0.25, 0.3) is 0 Å². The molecule has 14 heavy (non-hydrogen) atoms. The van der Waals surface area contributed by atoms with Crippen LogP contribution in [-0.4, -0.2) is 12.9 Å². The van der Waals surface area contributed by atoms with Crippen molar-refractivity contribution in [3.05, 3.63) is 41.5 Å². The number of hydrogen-bond acceptors (Lipinski definition) is 2. The SMILES string of the molecule is COc1cccc(C(=O)C2=CCC2)c1. The summed E-state index contributed by atoms with van der Waals surface area (Å²) < 4.78 is 5.06. The van der Waals surface area contributed by atoms with E-state index in [0.717, 1.165) is 29.7 Å². The molecule has 0 unspecified atom stereocenters. The van der Waals surface area contributed by atoms with E-state index in [1.54, 1.807) is 13.2 Å². The van der Waals surface area contributed by atoms with Gasteiger partial charge in [0.05, 0.1) is 7.11 Å². The first-order valence-electron chi connectivity index (χ1n) is 4.69. The highest BCUT2D eigenvalue weighted by molar-refractivity contribution is 6.09. The zero-order chi connectivity index (χ0) is 9.97. The molecule has 0 heterocycles. The second kappa shape index (κ2) is 3.66. The lowest BCUT2D eigenvalue weighted by molar-refractivity contribution is 0.102. The smallest absolute Gasteiger partial charge is 0.188 e. The molecule has 0 bridgehead atoms. The van der Waals surface area contributed by atoms with Gasteiger partial charge in [-0.05, 0) is 30.5 Å². The summed E-state index contributed by atoms with van der Waals surface area (Å²) in [6.07, 6.45) is 3.93. The van der Waals surface area contributed by atoms with Crippen molar-refractivity contribution < 1.29 is 9.53 Å². The van der Waals surface area contributed by atoms with Crippen molar-refractivity contribution in [1.29, 1.82) is 0 Å². The number of benzene rings is 1. The van der Waals surface area contributed by atoms with Gasteiger partial charge in [0.1, 0.15) is 5.75 Å². The molecule has 0 fully saturated rings. The van der Waals surface area contributed by atoms with Crippen LogP contribution in [0.2, 0.25) is 0 Å². The maximum Gasteiger partial charge on any atom is 0.188 e. The number of methoxy groups -OCH3 is 1. The molecule has 0 saturated heterocycles. The molecule has 1 aromatic carbocycles. The molecule has 0 saturated carbocycles. The molecule has 2 nitrogen and oxygen atoms in total. The van der Waals surface area contributed by atoms with Gasteiger partial charge in [-0.25, -0.2) is 0 Å². The normalized spacial score (nSPS) is 14.2. The Kier molecular flexibility index (Phi) is 2.35. The highest BCUT2D eigenvalue weighted by Crippen LogP contribution is 2.24. The molecule has 0 atom stereocenters. The fourth-order valence-corrected chi connectivity index (χ4v) is 1.44. The summed E-state index contributed by atoms with van der Waals surface area (Å²) in [5.74, 6) is 0.867. The third kappa shape index (κ3) is 1.55. The summed E-state index contributed by atoms with van der Waals surface area (Å²) in [6, 6.07) is 7.28. The lowest BCUT2D eigenvalue weighted by Gasteiger charge is -2.13. The fourth-order valence-electron chi connectivity index (χ4n) is 1.44. The Morgan fingerprint density at radius 2 is 2.21 bits per heavy atom. The van der Waals surface area contributed by atoms with E-state index in [0.29, 0.717) is 0 Å². The van der Waals surface area contributed by atoms with Crippen molar-refractivity contribution in [1.82, 2.24) is 0 Å². The van der Waals surface area contributed by atoms with Gasteiger partial charge in [0, 0.05) is 5.56 Å². The van der Waals surface area contributed by atoms with Crippen molar-refractivity contribution in [3.8, 4) is 5.75 Å². The van der Waals surface area contributed by atoms with Gasteiger partial charge in [0.15, 0.2) is 5.78 Å². The van der Waals surface area contributed by atoms with E-state index < -0.39 is 0 Å². The van der Waals surface area contributed by atoms with E-state index in [-0.39, 0.29) is 5.78 Å². The monoisotopic (exact) mass is 188 g/mol. The molecule has 2 rings (SSSR count). The maximum atomic E-state index is 11.8. The first kappa shape index (κ1) is 9.00. The Hall–Kier alpha value is -1.57. The molecule has 0 amide bonds. The molecule has 72 valence electrons. The summed E-state index contributed by atoms with van der Waals surface area (Å²) in [5.41, 5.74) is 1.65. The van der Waals surface area contributed by atoms with Crippen LogP contribution in [0.5, 0.6) is 5.75 Å². The van der Waals surface area contributed by atoms with Crippen molar-refractivity contribution in [2.45, 2.75) is 12.8 Å². The number of ether oxygens (including phenoxy) is 1. The van der Waals surface area contributed by atoms with Gasteiger partial charge in [-0.15, -0.1) is 0 Å². The first-order valence-corrected chi connectivity index (χ1v) is 4.69. The number of allylic oxidation sites excluding steroid dienone is 2. The van der Waals surface area contributed by atoms with Gasteiger partial charge in [0.2, 0.25) is 0 Å². The van der Waals surface area contributed by atoms with Crippen LogP contribution >= 0.6 is 0 Å². The van der Waals surface area contributed by atoms with Gasteiger partial charge in [-0.3, -0.25) is 4.79 Å². The number of hydrogen-bond donors (Lipinski definition) is 0. The highest BCUT2D eigenvalue weighted by Gasteiger charge is 2.16. The van der Waals surface area contributed by atoms with Crippen LogP contribution in [0.15, 0.2) is 35.9 Å². The minimum Gasteiger partial charge on any atom is -0.497 e. The number of rotatable bonds is 3. The predicted octanol–water partition coefficient (Wildman–Crippen LogP) is 2.60. The van der Waals surface area contributed by atoms with Crippen LogP contribution in [0.1, 0.15) is 23.2 Å². The lowest BCUT2D eigenvalue weighted by atomic mass is 9.91. The standard InChI is InChI=1S/C12H12O2/c1-14-11-7-3-6-10(8-11)12(13)9-4-2-5-9/h3-4,6-8H,2,5H2,1H3. The van der Waals surface area contributed by atoms with Crippen LogP contribution in [-0.2, 0) is 0 Å². The third-order valence-electron chi connectivity index (χ3n) is 2.43. The fraction of sp³-hybridized carbons (Fsp3) is 0.250. The van der Waals surface area contributed by atoms with Crippen molar-refractivity contribution in [3.63, 3.8) is 0 Å². The second-order valence-corrected chi connectivity index (χ2v) is 3.33. The second-order valence-electron chi connectivity index (χ2n) is 3.33. The molecule has 1 aliphatic rings. The third-order valence-corrected chi connectivity index (χ3v) is 2.43. The molecular weight excluding hydrogens is 176 g/mol. The predicted molar refractivity (Wildman–Crippen MR) is 54.6 cm³/mol. The summed E-state index contributed by atoms with van der Waals surface area (Å²) in [4.78, 5) is 11.8. The van der Waals surface area contributed by atoms with Gasteiger partial charge in [-0.2, -0.15) is 0 Å². The van der Waals surface area contributed by atoms with Crippen LogP contribution in [0.25, 0.3) is 0 Å². The quantitative estimate of drug-likeness (QED) is 0.681. The Bertz CT molecular complexity index is 391. The zero-order valence-corrected chi connectivity index (χ0v) is 8.12. The minimum atomic E-state index is 0.134. The van der Waals surface area contributed by atoms with Gasteiger partial charge in [-0.1, -0.05) is 18.2 Å². The Labute approximate surface area is 83.2 Å².